The number of rotatable bonds is 6. The molecule has 3 aromatic heterocycles. The Labute approximate surface area is 162 Å². The minimum atomic E-state index is 0.213. The van der Waals surface area contributed by atoms with Crippen LogP contribution in [0, 0.1) is 19.8 Å². The van der Waals surface area contributed by atoms with Crippen LogP contribution >= 0.6 is 11.3 Å². The summed E-state index contributed by atoms with van der Waals surface area (Å²) < 4.78 is 3.19. The Morgan fingerprint density at radius 2 is 2.00 bits per heavy atom. The lowest BCUT2D eigenvalue weighted by atomic mass is 10.1. The van der Waals surface area contributed by atoms with E-state index in [9.17, 15) is 0 Å². The van der Waals surface area contributed by atoms with Gasteiger partial charge < -0.3 is 10.4 Å². The van der Waals surface area contributed by atoms with Crippen LogP contribution in [0.25, 0.3) is 26.3 Å². The van der Waals surface area contributed by atoms with Gasteiger partial charge >= 0.3 is 0 Å². The molecule has 0 saturated carbocycles. The van der Waals surface area contributed by atoms with E-state index in [2.05, 4.69) is 42.3 Å². The predicted octanol–water partition coefficient (Wildman–Crippen LogP) is 4.66. The number of aliphatic hydroxyl groups is 1. The summed E-state index contributed by atoms with van der Waals surface area (Å²) in [4.78, 5) is 5.68. The van der Waals surface area contributed by atoms with Gasteiger partial charge in [-0.2, -0.15) is 0 Å². The van der Waals surface area contributed by atoms with E-state index in [1.807, 2.05) is 29.8 Å². The van der Waals surface area contributed by atoms with E-state index in [-0.39, 0.29) is 12.5 Å². The summed E-state index contributed by atoms with van der Waals surface area (Å²) >= 11 is 1.77. The number of nitrogens with one attached hydrogen (secondary N) is 1. The predicted molar refractivity (Wildman–Crippen MR) is 113 cm³/mol. The molecule has 0 bridgehead atoms. The summed E-state index contributed by atoms with van der Waals surface area (Å²) in [7, 11) is 0. The molecule has 1 unspecified atom stereocenters. The first-order valence-electron chi connectivity index (χ1n) is 9.26. The topological polar surface area (TPSA) is 62.5 Å². The molecule has 0 aliphatic heterocycles. The van der Waals surface area contributed by atoms with Gasteiger partial charge in [-0.1, -0.05) is 13.0 Å². The Morgan fingerprint density at radius 3 is 2.81 bits per heavy atom. The number of anilines is 1. The standard InChI is InChI=1S/C21H24N4OS/c1-13(12-26)6-7-22-20-4-5-21-23-11-17(25(21)24-20)19-10-16-8-14(2)15(3)9-18(16)27-19/h4-5,8-11,13,26H,6-7,12H2,1-3H3,(H,22,24). The van der Waals surface area contributed by atoms with Crippen LogP contribution in [0.3, 0.4) is 0 Å². The van der Waals surface area contributed by atoms with E-state index in [1.54, 1.807) is 11.3 Å². The van der Waals surface area contributed by atoms with Crippen LogP contribution in [-0.2, 0) is 0 Å². The molecule has 2 N–H and O–H groups in total. The number of nitrogens with zero attached hydrogens (tertiary/aromatic N) is 3. The van der Waals surface area contributed by atoms with Crippen molar-refractivity contribution in [1.82, 2.24) is 14.6 Å². The fraction of sp³-hybridized carbons (Fsp3) is 0.333. The highest BCUT2D eigenvalue weighted by Crippen LogP contribution is 2.35. The number of hydrogen-bond acceptors (Lipinski definition) is 5. The minimum absolute atomic E-state index is 0.213. The van der Waals surface area contributed by atoms with Crippen molar-refractivity contribution in [3.05, 3.63) is 47.7 Å². The van der Waals surface area contributed by atoms with Crippen LogP contribution in [0.4, 0.5) is 5.82 Å². The maximum Gasteiger partial charge on any atom is 0.154 e. The largest absolute Gasteiger partial charge is 0.396 e. The SMILES string of the molecule is Cc1cc2cc(-c3cnc4ccc(NCCC(C)CO)nn34)sc2cc1C. The quantitative estimate of drug-likeness (QED) is 0.511. The fourth-order valence-corrected chi connectivity index (χ4v) is 4.24. The van der Waals surface area contributed by atoms with E-state index in [1.165, 1.54) is 26.1 Å². The molecule has 0 radical (unpaired) electrons. The molecule has 0 aliphatic rings. The summed E-state index contributed by atoms with van der Waals surface area (Å²) in [5.41, 5.74) is 4.47. The highest BCUT2D eigenvalue weighted by Gasteiger charge is 2.12. The smallest absolute Gasteiger partial charge is 0.154 e. The summed E-state index contributed by atoms with van der Waals surface area (Å²) in [5.74, 6) is 1.11. The van der Waals surface area contributed by atoms with Gasteiger partial charge in [-0.15, -0.1) is 16.4 Å². The second-order valence-electron chi connectivity index (χ2n) is 7.22. The molecule has 0 saturated heterocycles. The van der Waals surface area contributed by atoms with Crippen molar-refractivity contribution in [3.63, 3.8) is 0 Å². The first-order valence-corrected chi connectivity index (χ1v) is 10.1. The maximum absolute atomic E-state index is 9.15. The van der Waals surface area contributed by atoms with E-state index >= 15 is 0 Å². The Kier molecular flexibility index (Phi) is 4.85. The average Bonchev–Trinajstić information content (AvgIpc) is 3.25. The van der Waals surface area contributed by atoms with Crippen LogP contribution < -0.4 is 5.32 Å². The Morgan fingerprint density at radius 1 is 1.19 bits per heavy atom. The molecule has 0 amide bonds. The minimum Gasteiger partial charge on any atom is -0.396 e. The molecule has 140 valence electrons. The van der Waals surface area contributed by atoms with Crippen molar-refractivity contribution in [1.29, 1.82) is 0 Å². The molecule has 0 spiro atoms. The van der Waals surface area contributed by atoms with Crippen molar-refractivity contribution in [2.45, 2.75) is 27.2 Å². The summed E-state index contributed by atoms with van der Waals surface area (Å²) in [6, 6.07) is 10.7. The summed E-state index contributed by atoms with van der Waals surface area (Å²) in [6.45, 7) is 7.34. The number of thiophene rings is 1. The molecule has 4 rings (SSSR count). The van der Waals surface area contributed by atoms with Crippen molar-refractivity contribution in [2.24, 2.45) is 5.92 Å². The Balaban J connectivity index is 1.66. The van der Waals surface area contributed by atoms with Gasteiger partial charge in [-0.05, 0) is 67.0 Å². The third-order valence-electron chi connectivity index (χ3n) is 5.00. The molecule has 6 heteroatoms. The number of aryl methyl sites for hydroxylation is 2. The molecule has 0 aliphatic carbocycles. The highest BCUT2D eigenvalue weighted by molar-refractivity contribution is 7.22. The molecule has 1 atom stereocenters. The van der Waals surface area contributed by atoms with E-state index in [0.717, 1.165) is 30.1 Å². The zero-order valence-electron chi connectivity index (χ0n) is 15.9. The van der Waals surface area contributed by atoms with Crippen molar-refractivity contribution in [3.8, 4) is 10.6 Å². The molecule has 1 aromatic carbocycles. The first-order chi connectivity index (χ1) is 13.0. The molecule has 5 nitrogen and oxygen atoms in total. The van der Waals surface area contributed by atoms with E-state index in [0.29, 0.717) is 0 Å². The van der Waals surface area contributed by atoms with Gasteiger partial charge in [0.25, 0.3) is 0 Å². The lowest BCUT2D eigenvalue weighted by Crippen LogP contribution is -2.11. The number of hydrogen-bond donors (Lipinski definition) is 2. The van der Waals surface area contributed by atoms with E-state index < -0.39 is 0 Å². The van der Waals surface area contributed by atoms with Gasteiger partial charge in [0, 0.05) is 17.9 Å². The number of fused-ring (bicyclic) bond motifs is 2. The molecule has 0 fully saturated rings. The van der Waals surface area contributed by atoms with Crippen LogP contribution in [0.1, 0.15) is 24.5 Å². The van der Waals surface area contributed by atoms with Crippen molar-refractivity contribution in [2.75, 3.05) is 18.5 Å². The summed E-state index contributed by atoms with van der Waals surface area (Å²) in [5, 5.41) is 18.5. The molecular formula is C21H24N4OS. The number of aromatic nitrogens is 3. The fourth-order valence-electron chi connectivity index (χ4n) is 3.10. The maximum atomic E-state index is 9.15. The van der Waals surface area contributed by atoms with Gasteiger partial charge in [-0.25, -0.2) is 9.50 Å². The lowest BCUT2D eigenvalue weighted by Gasteiger charge is -2.09. The monoisotopic (exact) mass is 380 g/mol. The third-order valence-corrected chi connectivity index (χ3v) is 6.12. The van der Waals surface area contributed by atoms with Gasteiger partial charge in [0.2, 0.25) is 0 Å². The lowest BCUT2D eigenvalue weighted by molar-refractivity contribution is 0.233. The zero-order chi connectivity index (χ0) is 19.0. The molecular weight excluding hydrogens is 356 g/mol. The molecule has 4 aromatic rings. The second kappa shape index (κ2) is 7.29. The van der Waals surface area contributed by atoms with Crippen LogP contribution in [0.15, 0.2) is 36.5 Å². The number of aliphatic hydroxyl groups excluding tert-OH is 1. The van der Waals surface area contributed by atoms with Crippen molar-refractivity contribution >= 4 is 32.9 Å². The number of imidazole rings is 1. The summed E-state index contributed by atoms with van der Waals surface area (Å²) in [6.07, 6.45) is 2.80. The first kappa shape index (κ1) is 17.9. The van der Waals surface area contributed by atoms with Crippen LogP contribution in [0.2, 0.25) is 0 Å². The number of benzene rings is 1. The average molecular weight is 381 g/mol. The molecule has 3 heterocycles. The van der Waals surface area contributed by atoms with Gasteiger partial charge in [-0.3, -0.25) is 0 Å². The van der Waals surface area contributed by atoms with Crippen LogP contribution in [-0.4, -0.2) is 32.9 Å². The van der Waals surface area contributed by atoms with Gasteiger partial charge in [0.1, 0.15) is 11.5 Å². The zero-order valence-corrected chi connectivity index (χ0v) is 16.7. The van der Waals surface area contributed by atoms with Gasteiger partial charge in [0.05, 0.1) is 11.1 Å². The molecule has 27 heavy (non-hydrogen) atoms. The Bertz CT molecular complexity index is 1060. The third kappa shape index (κ3) is 3.55. The van der Waals surface area contributed by atoms with Gasteiger partial charge in [0.15, 0.2) is 5.65 Å². The van der Waals surface area contributed by atoms with Crippen molar-refractivity contribution < 1.29 is 5.11 Å². The second-order valence-corrected chi connectivity index (χ2v) is 8.30. The van der Waals surface area contributed by atoms with E-state index in [4.69, 9.17) is 10.2 Å². The Hall–Kier alpha value is -2.44. The van der Waals surface area contributed by atoms with Crippen LogP contribution in [0.5, 0.6) is 0 Å². The normalized spacial score (nSPS) is 12.7. The highest BCUT2D eigenvalue weighted by atomic mass is 32.1.